The van der Waals surface area contributed by atoms with Crippen molar-refractivity contribution in [2.45, 2.75) is 25.3 Å². The van der Waals surface area contributed by atoms with Gasteiger partial charge in [0.2, 0.25) is 0 Å². The van der Waals surface area contributed by atoms with Gasteiger partial charge in [-0.25, -0.2) is 4.79 Å². The average Bonchev–Trinajstić information content (AvgIpc) is 3.10. The van der Waals surface area contributed by atoms with Crippen molar-refractivity contribution in [2.75, 3.05) is 23.4 Å². The molecule has 0 bridgehead atoms. The van der Waals surface area contributed by atoms with Crippen molar-refractivity contribution in [3.63, 3.8) is 0 Å². The molecule has 8 nitrogen and oxygen atoms in total. The van der Waals surface area contributed by atoms with Crippen LogP contribution in [0.2, 0.25) is 0 Å². The zero-order valence-electron chi connectivity index (χ0n) is 18.4. The number of anilines is 2. The van der Waals surface area contributed by atoms with Crippen molar-refractivity contribution < 1.29 is 9.59 Å². The first-order valence-corrected chi connectivity index (χ1v) is 11.9. The number of fused-ring (bicyclic) bond motifs is 1. The number of urea groups is 1. The number of aliphatic imine (C=N–C) groups is 1. The van der Waals surface area contributed by atoms with E-state index in [2.05, 4.69) is 47.2 Å². The fraction of sp³-hybridized carbons (Fsp3) is 0.240. The summed E-state index contributed by atoms with van der Waals surface area (Å²) in [6.07, 6.45) is 10.0. The maximum atomic E-state index is 13.5. The minimum absolute atomic E-state index is 0.137. The maximum Gasteiger partial charge on any atom is 0.346 e. The van der Waals surface area contributed by atoms with Gasteiger partial charge in [0.1, 0.15) is 5.71 Å². The molecule has 5 rings (SSSR count). The highest BCUT2D eigenvalue weighted by molar-refractivity contribution is 9.10. The van der Waals surface area contributed by atoms with Crippen LogP contribution in [0, 0.1) is 0 Å². The smallest absolute Gasteiger partial charge is 0.306 e. The Kier molecular flexibility index (Phi) is 6.46. The minimum atomic E-state index is -0.603. The van der Waals surface area contributed by atoms with Gasteiger partial charge in [0, 0.05) is 53.1 Å². The van der Waals surface area contributed by atoms with Crippen LogP contribution in [0.1, 0.15) is 36.4 Å². The number of amides is 3. The summed E-state index contributed by atoms with van der Waals surface area (Å²) in [6.45, 7) is 1.29. The largest absolute Gasteiger partial charge is 0.346 e. The van der Waals surface area contributed by atoms with E-state index >= 15 is 0 Å². The Balaban J connectivity index is 1.43. The van der Waals surface area contributed by atoms with E-state index in [-0.39, 0.29) is 17.7 Å². The normalized spacial score (nSPS) is 19.3. The van der Waals surface area contributed by atoms with Crippen LogP contribution in [0.25, 0.3) is 0 Å². The van der Waals surface area contributed by atoms with E-state index < -0.39 is 6.03 Å². The fourth-order valence-electron chi connectivity index (χ4n) is 4.51. The Morgan fingerprint density at radius 3 is 2.76 bits per heavy atom. The summed E-state index contributed by atoms with van der Waals surface area (Å²) < 4.78 is 0.814. The first-order chi connectivity index (χ1) is 16.6. The predicted octanol–water partition coefficient (Wildman–Crippen LogP) is 4.79. The lowest BCUT2D eigenvalue weighted by Gasteiger charge is -2.38. The van der Waals surface area contributed by atoms with E-state index in [0.29, 0.717) is 17.9 Å². The summed E-state index contributed by atoms with van der Waals surface area (Å²) in [5, 5.41) is 2.69. The standard InChI is InChI=1S/C25H23BrN6O2/c26-18-6-7-22-20(14-18)23(30-25(34)29-19-8-11-27-12-9-19)24(33)32(22)16-31-13-2-1-5-21(31)17-4-3-10-28-15-17/h3-4,6-12,14-15,21H,1-2,5,13,16H2,(H,27,29,34). The number of nitrogens with zero attached hydrogens (tertiary/aromatic N) is 5. The third-order valence-electron chi connectivity index (χ3n) is 6.10. The number of hydrogen-bond donors (Lipinski definition) is 1. The highest BCUT2D eigenvalue weighted by Crippen LogP contribution is 2.35. The molecule has 0 spiro atoms. The van der Waals surface area contributed by atoms with Crippen LogP contribution in [0.15, 0.2) is 76.7 Å². The highest BCUT2D eigenvalue weighted by Gasteiger charge is 2.37. The van der Waals surface area contributed by atoms with Gasteiger partial charge in [-0.05, 0) is 54.8 Å². The molecule has 34 heavy (non-hydrogen) atoms. The molecule has 172 valence electrons. The van der Waals surface area contributed by atoms with Crippen LogP contribution >= 0.6 is 15.9 Å². The lowest BCUT2D eigenvalue weighted by Crippen LogP contribution is -2.44. The molecule has 3 amide bonds. The van der Waals surface area contributed by atoms with Crippen LogP contribution in [-0.2, 0) is 4.79 Å². The Morgan fingerprint density at radius 2 is 1.97 bits per heavy atom. The molecule has 2 aromatic heterocycles. The van der Waals surface area contributed by atoms with Gasteiger partial charge in [-0.1, -0.05) is 28.4 Å². The average molecular weight is 519 g/mol. The SMILES string of the molecule is O=C(N=C1C(=O)N(CN2CCCCC2c2cccnc2)c2ccc(Br)cc21)Nc1ccncc1. The zero-order valence-corrected chi connectivity index (χ0v) is 20.0. The van der Waals surface area contributed by atoms with Gasteiger partial charge in [-0.15, -0.1) is 0 Å². The predicted molar refractivity (Wildman–Crippen MR) is 134 cm³/mol. The number of pyridine rings is 2. The molecule has 0 aliphatic carbocycles. The van der Waals surface area contributed by atoms with Crippen LogP contribution in [0.5, 0.6) is 0 Å². The van der Waals surface area contributed by atoms with Gasteiger partial charge < -0.3 is 5.32 Å². The van der Waals surface area contributed by atoms with Crippen LogP contribution < -0.4 is 10.2 Å². The Morgan fingerprint density at radius 1 is 1.12 bits per heavy atom. The monoisotopic (exact) mass is 518 g/mol. The van der Waals surface area contributed by atoms with Crippen molar-refractivity contribution >= 4 is 45.0 Å². The van der Waals surface area contributed by atoms with Crippen LogP contribution in [0.3, 0.4) is 0 Å². The first kappa shape index (κ1) is 22.4. The van der Waals surface area contributed by atoms with E-state index in [0.717, 1.165) is 41.5 Å². The van der Waals surface area contributed by atoms with E-state index in [4.69, 9.17) is 0 Å². The van der Waals surface area contributed by atoms with Gasteiger partial charge in [0.25, 0.3) is 5.91 Å². The molecule has 1 saturated heterocycles. The van der Waals surface area contributed by atoms with E-state index in [1.807, 2.05) is 30.5 Å². The molecule has 1 N–H and O–H groups in total. The first-order valence-electron chi connectivity index (χ1n) is 11.2. The second-order valence-corrected chi connectivity index (χ2v) is 9.19. The number of nitrogens with one attached hydrogen (secondary N) is 1. The number of hydrogen-bond acceptors (Lipinski definition) is 5. The number of halogens is 1. The van der Waals surface area contributed by atoms with Gasteiger partial charge in [0.05, 0.1) is 12.4 Å². The molecule has 1 unspecified atom stereocenters. The summed E-state index contributed by atoms with van der Waals surface area (Å²) in [4.78, 5) is 42.6. The zero-order chi connectivity index (χ0) is 23.5. The third-order valence-corrected chi connectivity index (χ3v) is 6.60. The number of carbonyl (C=O) groups is 2. The van der Waals surface area contributed by atoms with E-state index in [1.54, 1.807) is 35.6 Å². The molecule has 4 heterocycles. The van der Waals surface area contributed by atoms with Crippen molar-refractivity contribution in [3.05, 3.63) is 82.9 Å². The summed E-state index contributed by atoms with van der Waals surface area (Å²) in [6, 6.07) is 12.6. The van der Waals surface area contributed by atoms with Gasteiger partial charge in [-0.2, -0.15) is 4.99 Å². The highest BCUT2D eigenvalue weighted by atomic mass is 79.9. The second kappa shape index (κ2) is 9.82. The quantitative estimate of drug-likeness (QED) is 0.535. The summed E-state index contributed by atoms with van der Waals surface area (Å²) in [5.74, 6) is -0.284. The minimum Gasteiger partial charge on any atom is -0.306 e. The number of carbonyl (C=O) groups excluding carboxylic acids is 2. The third kappa shape index (κ3) is 4.62. The molecular formula is C25H23BrN6O2. The van der Waals surface area contributed by atoms with Crippen molar-refractivity contribution in [1.82, 2.24) is 14.9 Å². The summed E-state index contributed by atoms with van der Waals surface area (Å²) in [7, 11) is 0. The number of rotatable bonds is 4. The van der Waals surface area contributed by atoms with Crippen molar-refractivity contribution in [2.24, 2.45) is 4.99 Å². The van der Waals surface area contributed by atoms with Gasteiger partial charge in [-0.3, -0.25) is 24.6 Å². The maximum absolute atomic E-state index is 13.5. The number of likely N-dealkylation sites (tertiary alicyclic amines) is 1. The number of benzene rings is 1. The topological polar surface area (TPSA) is 90.8 Å². The fourth-order valence-corrected chi connectivity index (χ4v) is 4.88. The van der Waals surface area contributed by atoms with Gasteiger partial charge >= 0.3 is 6.03 Å². The van der Waals surface area contributed by atoms with Crippen LogP contribution in [-0.4, -0.2) is 45.7 Å². The van der Waals surface area contributed by atoms with Crippen LogP contribution in [0.4, 0.5) is 16.2 Å². The molecule has 1 aromatic carbocycles. The Labute approximate surface area is 205 Å². The van der Waals surface area contributed by atoms with Crippen molar-refractivity contribution in [3.8, 4) is 0 Å². The molecule has 2 aliphatic rings. The molecule has 9 heteroatoms. The number of aromatic nitrogens is 2. The summed E-state index contributed by atoms with van der Waals surface area (Å²) >= 11 is 3.48. The lowest BCUT2D eigenvalue weighted by atomic mass is 9.97. The second-order valence-electron chi connectivity index (χ2n) is 8.27. The summed E-state index contributed by atoms with van der Waals surface area (Å²) in [5.41, 5.74) is 3.24. The Hall–Kier alpha value is -3.43. The molecule has 1 fully saturated rings. The molecular weight excluding hydrogens is 496 g/mol. The molecule has 1 atom stereocenters. The molecule has 3 aromatic rings. The van der Waals surface area contributed by atoms with E-state index in [9.17, 15) is 9.59 Å². The van der Waals surface area contributed by atoms with E-state index in [1.165, 1.54) is 0 Å². The molecule has 2 aliphatic heterocycles. The lowest BCUT2D eigenvalue weighted by molar-refractivity contribution is -0.112. The molecule has 0 saturated carbocycles. The molecule has 0 radical (unpaired) electrons. The van der Waals surface area contributed by atoms with Crippen molar-refractivity contribution in [1.29, 1.82) is 0 Å². The van der Waals surface area contributed by atoms with Gasteiger partial charge in [0.15, 0.2) is 0 Å². The number of piperidine rings is 1. The Bertz CT molecular complexity index is 1230.